The fraction of sp³-hybridized carbons (Fsp3) is 0.500. The van der Waals surface area contributed by atoms with Gasteiger partial charge >= 0.3 is 0 Å². The zero-order valence-corrected chi connectivity index (χ0v) is 12.5. The van der Waals surface area contributed by atoms with Gasteiger partial charge in [-0.25, -0.2) is 9.97 Å². The second-order valence-electron chi connectivity index (χ2n) is 5.23. The van der Waals surface area contributed by atoms with Crippen LogP contribution in [0.1, 0.15) is 20.3 Å². The van der Waals surface area contributed by atoms with E-state index < -0.39 is 0 Å². The van der Waals surface area contributed by atoms with E-state index in [1.54, 1.807) is 12.5 Å². The average molecular weight is 290 g/mol. The maximum atomic E-state index is 6.02. The van der Waals surface area contributed by atoms with Crippen molar-refractivity contribution < 1.29 is 4.74 Å². The summed E-state index contributed by atoms with van der Waals surface area (Å²) in [4.78, 5) is 12.2. The van der Waals surface area contributed by atoms with Gasteiger partial charge in [0, 0.05) is 25.5 Å². The minimum atomic E-state index is 0.422. The quantitative estimate of drug-likeness (QED) is 0.720. The SMILES string of the molecule is CC(C)COc1ncnc(NCCCn2ccnc2)c1N. The third-order valence-corrected chi connectivity index (χ3v) is 2.85. The lowest BCUT2D eigenvalue weighted by molar-refractivity contribution is 0.262. The van der Waals surface area contributed by atoms with Gasteiger partial charge in [0.1, 0.15) is 12.0 Å². The number of rotatable bonds is 8. The van der Waals surface area contributed by atoms with Crippen LogP contribution in [0, 0.1) is 5.92 Å². The zero-order chi connectivity index (χ0) is 15.1. The molecule has 0 aliphatic carbocycles. The molecule has 7 heteroatoms. The number of ether oxygens (including phenoxy) is 1. The van der Waals surface area contributed by atoms with Crippen LogP contribution in [0.4, 0.5) is 11.5 Å². The molecule has 0 bridgehead atoms. The first kappa shape index (κ1) is 15.1. The van der Waals surface area contributed by atoms with E-state index >= 15 is 0 Å². The highest BCUT2D eigenvalue weighted by Crippen LogP contribution is 2.24. The Hall–Kier alpha value is -2.31. The molecule has 3 N–H and O–H groups in total. The van der Waals surface area contributed by atoms with Crippen molar-refractivity contribution in [2.24, 2.45) is 5.92 Å². The van der Waals surface area contributed by atoms with Gasteiger partial charge in [-0.2, -0.15) is 4.98 Å². The van der Waals surface area contributed by atoms with Crippen molar-refractivity contribution in [2.75, 3.05) is 24.2 Å². The highest BCUT2D eigenvalue weighted by molar-refractivity contribution is 5.66. The van der Waals surface area contributed by atoms with E-state index in [0.717, 1.165) is 19.5 Å². The van der Waals surface area contributed by atoms with Gasteiger partial charge in [0.25, 0.3) is 0 Å². The lowest BCUT2D eigenvalue weighted by Gasteiger charge is -2.13. The van der Waals surface area contributed by atoms with E-state index in [-0.39, 0.29) is 0 Å². The van der Waals surface area contributed by atoms with Crippen LogP contribution in [-0.2, 0) is 6.54 Å². The largest absolute Gasteiger partial charge is 0.476 e. The van der Waals surface area contributed by atoms with Crippen LogP contribution in [0.2, 0.25) is 0 Å². The van der Waals surface area contributed by atoms with Crippen molar-refractivity contribution in [1.29, 1.82) is 0 Å². The van der Waals surface area contributed by atoms with Crippen LogP contribution >= 0.6 is 0 Å². The Morgan fingerprint density at radius 3 is 2.95 bits per heavy atom. The third-order valence-electron chi connectivity index (χ3n) is 2.85. The summed E-state index contributed by atoms with van der Waals surface area (Å²) in [7, 11) is 0. The van der Waals surface area contributed by atoms with Gasteiger partial charge in [0.05, 0.1) is 12.9 Å². The van der Waals surface area contributed by atoms with Gasteiger partial charge in [-0.05, 0) is 12.3 Å². The van der Waals surface area contributed by atoms with E-state index in [1.165, 1.54) is 6.33 Å². The molecule has 0 fully saturated rings. The fourth-order valence-corrected chi connectivity index (χ4v) is 1.77. The second-order valence-corrected chi connectivity index (χ2v) is 5.23. The molecule has 0 unspecified atom stereocenters. The van der Waals surface area contributed by atoms with Gasteiger partial charge < -0.3 is 20.4 Å². The number of nitrogens with zero attached hydrogens (tertiary/aromatic N) is 4. The first-order valence-electron chi connectivity index (χ1n) is 7.09. The molecular formula is C14H22N6O. The molecule has 0 aliphatic heterocycles. The van der Waals surface area contributed by atoms with E-state index in [0.29, 0.717) is 29.9 Å². The summed E-state index contributed by atoms with van der Waals surface area (Å²) in [6, 6.07) is 0. The minimum absolute atomic E-state index is 0.422. The summed E-state index contributed by atoms with van der Waals surface area (Å²) in [6.45, 7) is 6.40. The zero-order valence-electron chi connectivity index (χ0n) is 12.5. The highest BCUT2D eigenvalue weighted by Gasteiger charge is 2.09. The van der Waals surface area contributed by atoms with Gasteiger partial charge in [0.15, 0.2) is 5.82 Å². The van der Waals surface area contributed by atoms with Crippen molar-refractivity contribution >= 4 is 11.5 Å². The molecule has 0 amide bonds. The van der Waals surface area contributed by atoms with Crippen LogP contribution in [0.25, 0.3) is 0 Å². The normalized spacial score (nSPS) is 10.8. The van der Waals surface area contributed by atoms with Crippen LogP contribution in [0.3, 0.4) is 0 Å². The Balaban J connectivity index is 1.83. The first-order chi connectivity index (χ1) is 10.2. The van der Waals surface area contributed by atoms with Crippen molar-refractivity contribution in [1.82, 2.24) is 19.5 Å². The number of nitrogens with two attached hydrogens (primary N) is 1. The molecule has 2 aromatic heterocycles. The Bertz CT molecular complexity index is 540. The van der Waals surface area contributed by atoms with Gasteiger partial charge in [-0.3, -0.25) is 0 Å². The number of hydrogen-bond acceptors (Lipinski definition) is 6. The number of nitrogens with one attached hydrogen (secondary N) is 1. The maximum Gasteiger partial charge on any atom is 0.242 e. The number of hydrogen-bond donors (Lipinski definition) is 2. The Kier molecular flexibility index (Phi) is 5.36. The summed E-state index contributed by atoms with van der Waals surface area (Å²) < 4.78 is 7.61. The summed E-state index contributed by atoms with van der Waals surface area (Å²) in [5.74, 6) is 1.48. The van der Waals surface area contributed by atoms with Crippen LogP contribution in [0.15, 0.2) is 25.0 Å². The summed E-state index contributed by atoms with van der Waals surface area (Å²) in [5, 5.41) is 3.21. The Morgan fingerprint density at radius 1 is 1.38 bits per heavy atom. The van der Waals surface area contributed by atoms with E-state index in [4.69, 9.17) is 10.5 Å². The van der Waals surface area contributed by atoms with Crippen LogP contribution < -0.4 is 15.8 Å². The summed E-state index contributed by atoms with van der Waals surface area (Å²) in [6.07, 6.45) is 7.92. The molecule has 0 radical (unpaired) electrons. The predicted molar refractivity (Wildman–Crippen MR) is 82.1 cm³/mol. The monoisotopic (exact) mass is 290 g/mol. The predicted octanol–water partition coefficient (Wildman–Crippen LogP) is 1.79. The lowest BCUT2D eigenvalue weighted by Crippen LogP contribution is -2.12. The Labute approximate surface area is 124 Å². The molecule has 0 aromatic carbocycles. The van der Waals surface area contributed by atoms with Crippen molar-refractivity contribution in [3.8, 4) is 5.88 Å². The number of aryl methyl sites for hydroxylation is 1. The molecule has 2 aromatic rings. The topological polar surface area (TPSA) is 90.9 Å². The maximum absolute atomic E-state index is 6.02. The van der Waals surface area contributed by atoms with Crippen molar-refractivity contribution in [3.63, 3.8) is 0 Å². The van der Waals surface area contributed by atoms with E-state index in [9.17, 15) is 0 Å². The molecule has 2 heterocycles. The summed E-state index contributed by atoms with van der Waals surface area (Å²) in [5.41, 5.74) is 6.48. The summed E-state index contributed by atoms with van der Waals surface area (Å²) >= 11 is 0. The number of imidazole rings is 1. The molecule has 21 heavy (non-hydrogen) atoms. The molecule has 0 spiro atoms. The van der Waals surface area contributed by atoms with Crippen molar-refractivity contribution in [3.05, 3.63) is 25.0 Å². The molecule has 0 aliphatic rings. The van der Waals surface area contributed by atoms with E-state index in [2.05, 4.69) is 34.1 Å². The number of aromatic nitrogens is 4. The molecule has 114 valence electrons. The van der Waals surface area contributed by atoms with Crippen LogP contribution in [0.5, 0.6) is 5.88 Å². The molecule has 0 saturated carbocycles. The second kappa shape index (κ2) is 7.47. The average Bonchev–Trinajstić information content (AvgIpc) is 2.97. The highest BCUT2D eigenvalue weighted by atomic mass is 16.5. The standard InChI is InChI=1S/C14H22N6O/c1-11(2)8-21-14-12(15)13(18-9-19-14)17-4-3-6-20-7-5-16-10-20/h5,7,9-11H,3-4,6,8,15H2,1-2H3,(H,17,18,19). The molecule has 0 atom stereocenters. The molecular weight excluding hydrogens is 268 g/mol. The smallest absolute Gasteiger partial charge is 0.242 e. The number of nitrogen functional groups attached to an aromatic ring is 1. The van der Waals surface area contributed by atoms with Crippen LogP contribution in [-0.4, -0.2) is 32.7 Å². The third kappa shape index (κ3) is 4.62. The van der Waals surface area contributed by atoms with Gasteiger partial charge in [-0.15, -0.1) is 0 Å². The van der Waals surface area contributed by atoms with Gasteiger partial charge in [0.2, 0.25) is 5.88 Å². The Morgan fingerprint density at radius 2 is 2.24 bits per heavy atom. The molecule has 0 saturated heterocycles. The number of anilines is 2. The minimum Gasteiger partial charge on any atom is -0.476 e. The first-order valence-corrected chi connectivity index (χ1v) is 7.09. The molecule has 7 nitrogen and oxygen atoms in total. The molecule has 2 rings (SSSR count). The fourth-order valence-electron chi connectivity index (χ4n) is 1.77. The van der Waals surface area contributed by atoms with Crippen molar-refractivity contribution in [2.45, 2.75) is 26.8 Å². The lowest BCUT2D eigenvalue weighted by atomic mass is 10.2. The van der Waals surface area contributed by atoms with Gasteiger partial charge in [-0.1, -0.05) is 13.8 Å². The van der Waals surface area contributed by atoms with E-state index in [1.807, 2.05) is 10.8 Å².